The molecule has 0 amide bonds. The first-order chi connectivity index (χ1) is 10.1. The van der Waals surface area contributed by atoms with E-state index in [1.54, 1.807) is 13.2 Å². The van der Waals surface area contributed by atoms with E-state index in [9.17, 15) is 4.39 Å². The minimum Gasteiger partial charge on any atom is -0.493 e. The third-order valence-corrected chi connectivity index (χ3v) is 6.10. The van der Waals surface area contributed by atoms with Crippen LogP contribution in [0.25, 0.3) is 0 Å². The quantitative estimate of drug-likeness (QED) is 0.682. The molecular formula is C17H22BrFO2. The zero-order valence-electron chi connectivity index (χ0n) is 12.6. The summed E-state index contributed by atoms with van der Waals surface area (Å²) in [5.74, 6) is 3.33. The molecule has 0 heterocycles. The van der Waals surface area contributed by atoms with Crippen molar-refractivity contribution in [3.05, 3.63) is 23.5 Å². The van der Waals surface area contributed by atoms with Gasteiger partial charge in [0.1, 0.15) is 5.82 Å². The van der Waals surface area contributed by atoms with Gasteiger partial charge in [-0.2, -0.15) is 0 Å². The fourth-order valence-corrected chi connectivity index (χ4v) is 5.00. The van der Waals surface area contributed by atoms with Gasteiger partial charge in [-0.1, -0.05) is 22.4 Å². The van der Waals surface area contributed by atoms with E-state index in [2.05, 4.69) is 15.9 Å². The van der Waals surface area contributed by atoms with E-state index in [-0.39, 0.29) is 10.6 Å². The van der Waals surface area contributed by atoms with Crippen molar-refractivity contribution >= 4 is 15.9 Å². The monoisotopic (exact) mass is 356 g/mol. The molecule has 2 nitrogen and oxygen atoms in total. The molecule has 21 heavy (non-hydrogen) atoms. The maximum atomic E-state index is 14.3. The number of rotatable bonds is 5. The first kappa shape index (κ1) is 15.1. The van der Waals surface area contributed by atoms with Gasteiger partial charge in [0, 0.05) is 16.5 Å². The summed E-state index contributed by atoms with van der Waals surface area (Å²) in [7, 11) is 3.11. The Morgan fingerprint density at radius 3 is 2.48 bits per heavy atom. The third kappa shape index (κ3) is 2.92. The summed E-state index contributed by atoms with van der Waals surface area (Å²) in [5, 5.41) is 0. The maximum Gasteiger partial charge on any atom is 0.163 e. The number of alkyl halides is 1. The summed E-state index contributed by atoms with van der Waals surface area (Å²) in [5.41, 5.74) is 0.676. The van der Waals surface area contributed by atoms with Crippen LogP contribution >= 0.6 is 15.9 Å². The predicted molar refractivity (Wildman–Crippen MR) is 84.7 cm³/mol. The first-order valence-corrected chi connectivity index (χ1v) is 8.59. The summed E-state index contributed by atoms with van der Waals surface area (Å²) >= 11 is 3.69. The first-order valence-electron chi connectivity index (χ1n) is 7.67. The van der Waals surface area contributed by atoms with E-state index in [0.717, 1.165) is 24.2 Å². The van der Waals surface area contributed by atoms with Crippen molar-refractivity contribution < 1.29 is 13.9 Å². The summed E-state index contributed by atoms with van der Waals surface area (Å²) in [6.07, 6.45) is 6.48. The molecule has 1 aromatic rings. The molecule has 2 saturated carbocycles. The molecule has 2 aliphatic rings. The summed E-state index contributed by atoms with van der Waals surface area (Å²) in [6.45, 7) is 0. The summed E-state index contributed by atoms with van der Waals surface area (Å²) in [4.78, 5) is 0.0432. The molecule has 0 aromatic heterocycles. The largest absolute Gasteiger partial charge is 0.493 e. The Morgan fingerprint density at radius 1 is 1.19 bits per heavy atom. The number of hydrogen-bond acceptors (Lipinski definition) is 2. The minimum atomic E-state index is -0.224. The van der Waals surface area contributed by atoms with Crippen molar-refractivity contribution in [1.29, 1.82) is 0 Å². The zero-order chi connectivity index (χ0) is 15.0. The highest BCUT2D eigenvalue weighted by molar-refractivity contribution is 9.09. The molecule has 4 atom stereocenters. The van der Waals surface area contributed by atoms with Crippen LogP contribution in [0, 0.1) is 23.6 Å². The van der Waals surface area contributed by atoms with Crippen molar-refractivity contribution in [1.82, 2.24) is 0 Å². The van der Waals surface area contributed by atoms with Gasteiger partial charge >= 0.3 is 0 Å². The molecule has 0 N–H and O–H groups in total. The second-order valence-electron chi connectivity index (χ2n) is 6.37. The predicted octanol–water partition coefficient (Wildman–Crippen LogP) is 5.11. The van der Waals surface area contributed by atoms with Crippen molar-refractivity contribution in [2.24, 2.45) is 17.8 Å². The summed E-state index contributed by atoms with van der Waals surface area (Å²) in [6, 6.07) is 3.18. The molecule has 0 aliphatic heterocycles. The lowest BCUT2D eigenvalue weighted by molar-refractivity contribution is 0.312. The molecule has 2 bridgehead atoms. The van der Waals surface area contributed by atoms with E-state index < -0.39 is 0 Å². The lowest BCUT2D eigenvalue weighted by atomic mass is 9.84. The standard InChI is InChI=1S/C17H22BrFO2/c1-20-16-8-13(15(19)9-17(16)21-2)14(18)7-12-6-10-3-4-11(12)5-10/h8-12,14H,3-7H2,1-2H3. The van der Waals surface area contributed by atoms with Gasteiger partial charge in [0.2, 0.25) is 0 Å². The van der Waals surface area contributed by atoms with E-state index >= 15 is 0 Å². The normalized spacial score (nSPS) is 28.7. The average Bonchev–Trinajstić information content (AvgIpc) is 3.09. The van der Waals surface area contributed by atoms with E-state index in [4.69, 9.17) is 9.47 Å². The van der Waals surface area contributed by atoms with Crippen LogP contribution in [0.1, 0.15) is 42.5 Å². The van der Waals surface area contributed by atoms with Gasteiger partial charge in [0.25, 0.3) is 0 Å². The fourth-order valence-electron chi connectivity index (χ4n) is 4.17. The minimum absolute atomic E-state index is 0.0432. The number of fused-ring (bicyclic) bond motifs is 2. The Kier molecular flexibility index (Phi) is 4.43. The third-order valence-electron chi connectivity index (χ3n) is 5.23. The lowest BCUT2D eigenvalue weighted by Gasteiger charge is -2.24. The van der Waals surface area contributed by atoms with Gasteiger partial charge < -0.3 is 9.47 Å². The van der Waals surface area contributed by atoms with Gasteiger partial charge in [-0.3, -0.25) is 0 Å². The Labute approximate surface area is 134 Å². The average molecular weight is 357 g/mol. The van der Waals surface area contributed by atoms with Gasteiger partial charge in [0.05, 0.1) is 14.2 Å². The molecule has 3 rings (SSSR count). The molecule has 1 aromatic carbocycles. The van der Waals surface area contributed by atoms with Crippen LogP contribution in [-0.4, -0.2) is 14.2 Å². The highest BCUT2D eigenvalue weighted by Crippen LogP contribution is 2.52. The molecule has 4 heteroatoms. The zero-order valence-corrected chi connectivity index (χ0v) is 14.2. The molecule has 0 spiro atoms. The van der Waals surface area contributed by atoms with Gasteiger partial charge in [-0.15, -0.1) is 0 Å². The van der Waals surface area contributed by atoms with Gasteiger partial charge in [-0.05, 0) is 49.5 Å². The Balaban J connectivity index is 1.76. The SMILES string of the molecule is COc1cc(F)c(C(Br)CC2CC3CCC2C3)cc1OC. The van der Waals surface area contributed by atoms with Crippen LogP contribution in [0.5, 0.6) is 11.5 Å². The fraction of sp³-hybridized carbons (Fsp3) is 0.647. The van der Waals surface area contributed by atoms with Gasteiger partial charge in [0.15, 0.2) is 11.5 Å². The highest BCUT2D eigenvalue weighted by atomic mass is 79.9. The number of methoxy groups -OCH3 is 2. The molecule has 4 unspecified atom stereocenters. The lowest BCUT2D eigenvalue weighted by Crippen LogP contribution is -2.13. The molecule has 0 saturated heterocycles. The smallest absolute Gasteiger partial charge is 0.163 e. The molecule has 2 fully saturated rings. The Morgan fingerprint density at radius 2 is 1.90 bits per heavy atom. The van der Waals surface area contributed by atoms with Crippen LogP contribution in [0.2, 0.25) is 0 Å². The van der Waals surface area contributed by atoms with E-state index in [1.807, 2.05) is 0 Å². The van der Waals surface area contributed by atoms with Crippen molar-refractivity contribution in [2.75, 3.05) is 14.2 Å². The number of halogens is 2. The second-order valence-corrected chi connectivity index (χ2v) is 7.47. The Bertz CT molecular complexity index is 520. The van der Waals surface area contributed by atoms with Crippen molar-refractivity contribution in [3.8, 4) is 11.5 Å². The molecule has 0 radical (unpaired) electrons. The van der Waals surface area contributed by atoms with Crippen LogP contribution in [-0.2, 0) is 0 Å². The molecule has 116 valence electrons. The van der Waals surface area contributed by atoms with E-state index in [1.165, 1.54) is 38.9 Å². The number of ether oxygens (including phenoxy) is 2. The topological polar surface area (TPSA) is 18.5 Å². The second kappa shape index (κ2) is 6.15. The number of benzene rings is 1. The van der Waals surface area contributed by atoms with Crippen LogP contribution in [0.4, 0.5) is 4.39 Å². The van der Waals surface area contributed by atoms with Crippen LogP contribution in [0.15, 0.2) is 12.1 Å². The van der Waals surface area contributed by atoms with Crippen LogP contribution in [0.3, 0.4) is 0 Å². The Hall–Kier alpha value is -0.770. The molecule has 2 aliphatic carbocycles. The maximum absolute atomic E-state index is 14.3. The van der Waals surface area contributed by atoms with Crippen LogP contribution < -0.4 is 9.47 Å². The van der Waals surface area contributed by atoms with E-state index in [0.29, 0.717) is 17.1 Å². The van der Waals surface area contributed by atoms with Gasteiger partial charge in [-0.25, -0.2) is 4.39 Å². The van der Waals surface area contributed by atoms with Crippen molar-refractivity contribution in [2.45, 2.75) is 36.9 Å². The molecular weight excluding hydrogens is 335 g/mol. The van der Waals surface area contributed by atoms with Crippen molar-refractivity contribution in [3.63, 3.8) is 0 Å². The summed E-state index contributed by atoms with van der Waals surface area (Å²) < 4.78 is 24.7. The number of hydrogen-bond donors (Lipinski definition) is 0. The highest BCUT2D eigenvalue weighted by Gasteiger charge is 2.40.